The molecule has 0 aromatic carbocycles. The maximum absolute atomic E-state index is 5.39. The van der Waals surface area contributed by atoms with E-state index in [0.717, 1.165) is 32.5 Å². The molecule has 0 saturated carbocycles. The summed E-state index contributed by atoms with van der Waals surface area (Å²) in [6, 6.07) is 0. The standard InChI is InChI=1S/C10H19N3O2/c1-3-7-14-8-10-13-12-9(15-10)5-6-11-4-2/h11H,3-8H2,1-2H3. The molecule has 0 fully saturated rings. The van der Waals surface area contributed by atoms with Crippen molar-refractivity contribution in [3.05, 3.63) is 11.8 Å². The molecule has 5 heteroatoms. The van der Waals surface area contributed by atoms with Crippen molar-refractivity contribution in [1.29, 1.82) is 0 Å². The van der Waals surface area contributed by atoms with Gasteiger partial charge in [-0.1, -0.05) is 13.8 Å². The van der Waals surface area contributed by atoms with Gasteiger partial charge in [0.25, 0.3) is 0 Å². The van der Waals surface area contributed by atoms with Crippen LogP contribution in [0.3, 0.4) is 0 Å². The lowest BCUT2D eigenvalue weighted by Gasteiger charge is -1.97. The first-order valence-corrected chi connectivity index (χ1v) is 5.46. The maximum Gasteiger partial charge on any atom is 0.242 e. The van der Waals surface area contributed by atoms with Crippen LogP contribution >= 0.6 is 0 Å². The third-order valence-corrected chi connectivity index (χ3v) is 1.85. The quantitative estimate of drug-likeness (QED) is 0.656. The van der Waals surface area contributed by atoms with Crippen LogP contribution in [0, 0.1) is 0 Å². The zero-order chi connectivity index (χ0) is 10.9. The highest BCUT2D eigenvalue weighted by molar-refractivity contribution is 4.80. The fraction of sp³-hybridized carbons (Fsp3) is 0.800. The molecule has 0 aliphatic heterocycles. The van der Waals surface area contributed by atoms with Gasteiger partial charge < -0.3 is 14.5 Å². The molecule has 0 amide bonds. The van der Waals surface area contributed by atoms with Crippen molar-refractivity contribution in [2.75, 3.05) is 19.7 Å². The Bertz CT molecular complexity index is 238. The minimum absolute atomic E-state index is 0.419. The molecule has 0 saturated heterocycles. The van der Waals surface area contributed by atoms with Crippen LogP contribution in [0.4, 0.5) is 0 Å². The number of nitrogens with zero attached hydrogens (tertiary/aromatic N) is 2. The molecule has 0 radical (unpaired) electrons. The normalized spacial score (nSPS) is 10.8. The predicted molar refractivity (Wildman–Crippen MR) is 56.5 cm³/mol. The van der Waals surface area contributed by atoms with Crippen molar-refractivity contribution in [2.24, 2.45) is 0 Å². The fourth-order valence-electron chi connectivity index (χ4n) is 1.12. The number of hydrogen-bond acceptors (Lipinski definition) is 5. The summed E-state index contributed by atoms with van der Waals surface area (Å²) in [5.74, 6) is 1.24. The zero-order valence-electron chi connectivity index (χ0n) is 9.45. The first-order chi connectivity index (χ1) is 7.36. The van der Waals surface area contributed by atoms with Crippen LogP contribution in [0.2, 0.25) is 0 Å². The highest BCUT2D eigenvalue weighted by Gasteiger charge is 2.04. The van der Waals surface area contributed by atoms with Gasteiger partial charge in [-0.05, 0) is 13.0 Å². The van der Waals surface area contributed by atoms with Crippen LogP contribution in [-0.4, -0.2) is 29.9 Å². The molecule has 1 aromatic rings. The molecular formula is C10H19N3O2. The van der Waals surface area contributed by atoms with Gasteiger partial charge in [0.1, 0.15) is 6.61 Å². The molecular weight excluding hydrogens is 194 g/mol. The van der Waals surface area contributed by atoms with Crippen LogP contribution in [0.5, 0.6) is 0 Å². The summed E-state index contributed by atoms with van der Waals surface area (Å²) >= 11 is 0. The number of ether oxygens (including phenoxy) is 1. The van der Waals surface area contributed by atoms with Gasteiger partial charge in [-0.3, -0.25) is 0 Å². The van der Waals surface area contributed by atoms with E-state index in [1.54, 1.807) is 0 Å². The Hall–Kier alpha value is -0.940. The number of nitrogens with one attached hydrogen (secondary N) is 1. The predicted octanol–water partition coefficient (Wildman–Crippen LogP) is 1.15. The van der Waals surface area contributed by atoms with E-state index in [1.807, 2.05) is 0 Å². The van der Waals surface area contributed by atoms with Crippen LogP contribution < -0.4 is 5.32 Å². The first-order valence-electron chi connectivity index (χ1n) is 5.46. The van der Waals surface area contributed by atoms with Crippen LogP contribution in [-0.2, 0) is 17.8 Å². The first kappa shape index (κ1) is 12.1. The van der Waals surface area contributed by atoms with E-state index in [0.29, 0.717) is 18.4 Å². The van der Waals surface area contributed by atoms with Crippen molar-refractivity contribution in [1.82, 2.24) is 15.5 Å². The molecule has 0 bridgehead atoms. The van der Waals surface area contributed by atoms with Crippen molar-refractivity contribution in [3.8, 4) is 0 Å². The topological polar surface area (TPSA) is 60.2 Å². The third-order valence-electron chi connectivity index (χ3n) is 1.85. The molecule has 86 valence electrons. The van der Waals surface area contributed by atoms with E-state index >= 15 is 0 Å². The molecule has 15 heavy (non-hydrogen) atoms. The van der Waals surface area contributed by atoms with E-state index in [9.17, 15) is 0 Å². The molecule has 0 unspecified atom stereocenters. The van der Waals surface area contributed by atoms with Crippen molar-refractivity contribution in [3.63, 3.8) is 0 Å². The summed E-state index contributed by atoms with van der Waals surface area (Å²) in [5, 5.41) is 11.0. The molecule has 1 heterocycles. The third kappa shape index (κ3) is 4.90. The molecule has 0 aliphatic rings. The van der Waals surface area contributed by atoms with Crippen LogP contribution in [0.15, 0.2) is 4.42 Å². The van der Waals surface area contributed by atoms with Gasteiger partial charge in [0.15, 0.2) is 0 Å². The Labute approximate surface area is 90.2 Å². The summed E-state index contributed by atoms with van der Waals surface area (Å²) in [6.45, 7) is 7.11. The second-order valence-electron chi connectivity index (χ2n) is 3.25. The molecule has 0 spiro atoms. The van der Waals surface area contributed by atoms with E-state index in [-0.39, 0.29) is 0 Å². The maximum atomic E-state index is 5.39. The smallest absolute Gasteiger partial charge is 0.242 e. The Balaban J connectivity index is 2.23. The van der Waals surface area contributed by atoms with E-state index < -0.39 is 0 Å². The average Bonchev–Trinajstić information content (AvgIpc) is 2.67. The summed E-state index contributed by atoms with van der Waals surface area (Å²) in [5.41, 5.74) is 0. The Kier molecular flexibility index (Phi) is 5.96. The monoisotopic (exact) mass is 213 g/mol. The lowest BCUT2D eigenvalue weighted by molar-refractivity contribution is 0.102. The summed E-state index contributed by atoms with van der Waals surface area (Å²) < 4.78 is 10.7. The van der Waals surface area contributed by atoms with Gasteiger partial charge in [-0.25, -0.2) is 0 Å². The molecule has 1 rings (SSSR count). The van der Waals surface area contributed by atoms with Gasteiger partial charge in [-0.2, -0.15) is 0 Å². The van der Waals surface area contributed by atoms with Gasteiger partial charge >= 0.3 is 0 Å². The van der Waals surface area contributed by atoms with E-state index in [1.165, 1.54) is 0 Å². The number of aromatic nitrogens is 2. The summed E-state index contributed by atoms with van der Waals surface area (Å²) in [4.78, 5) is 0. The Morgan fingerprint density at radius 3 is 2.80 bits per heavy atom. The Morgan fingerprint density at radius 1 is 1.27 bits per heavy atom. The molecule has 5 nitrogen and oxygen atoms in total. The summed E-state index contributed by atoms with van der Waals surface area (Å²) in [7, 11) is 0. The lowest BCUT2D eigenvalue weighted by atomic mass is 10.4. The minimum atomic E-state index is 0.419. The van der Waals surface area contributed by atoms with Crippen LogP contribution in [0.25, 0.3) is 0 Å². The fourth-order valence-corrected chi connectivity index (χ4v) is 1.12. The molecule has 0 atom stereocenters. The molecule has 0 aliphatic carbocycles. The molecule has 1 N–H and O–H groups in total. The van der Waals surface area contributed by atoms with E-state index in [4.69, 9.17) is 9.15 Å². The number of hydrogen-bond donors (Lipinski definition) is 1. The number of likely N-dealkylation sites (N-methyl/N-ethyl adjacent to an activating group) is 1. The van der Waals surface area contributed by atoms with E-state index in [2.05, 4.69) is 29.4 Å². The van der Waals surface area contributed by atoms with Gasteiger partial charge in [-0.15, -0.1) is 10.2 Å². The van der Waals surface area contributed by atoms with Gasteiger partial charge in [0, 0.05) is 19.6 Å². The second kappa shape index (κ2) is 7.36. The van der Waals surface area contributed by atoms with Gasteiger partial charge in [0.2, 0.25) is 11.8 Å². The van der Waals surface area contributed by atoms with Crippen molar-refractivity contribution < 1.29 is 9.15 Å². The zero-order valence-corrected chi connectivity index (χ0v) is 9.45. The Morgan fingerprint density at radius 2 is 2.07 bits per heavy atom. The average molecular weight is 213 g/mol. The van der Waals surface area contributed by atoms with Crippen molar-refractivity contribution >= 4 is 0 Å². The second-order valence-corrected chi connectivity index (χ2v) is 3.25. The van der Waals surface area contributed by atoms with Crippen molar-refractivity contribution in [2.45, 2.75) is 33.3 Å². The highest BCUT2D eigenvalue weighted by Crippen LogP contribution is 2.02. The lowest BCUT2D eigenvalue weighted by Crippen LogP contribution is -2.16. The van der Waals surface area contributed by atoms with Gasteiger partial charge in [0.05, 0.1) is 0 Å². The minimum Gasteiger partial charge on any atom is -0.423 e. The van der Waals surface area contributed by atoms with Crippen LogP contribution in [0.1, 0.15) is 32.0 Å². The SMILES string of the molecule is CCCOCc1nnc(CCNCC)o1. The summed E-state index contributed by atoms with van der Waals surface area (Å²) in [6.07, 6.45) is 1.77. The molecule has 1 aromatic heterocycles. The highest BCUT2D eigenvalue weighted by atomic mass is 16.5. The largest absolute Gasteiger partial charge is 0.423 e. The number of rotatable bonds is 8.